The van der Waals surface area contributed by atoms with Gasteiger partial charge < -0.3 is 15.0 Å². The van der Waals surface area contributed by atoms with Gasteiger partial charge in [-0.15, -0.1) is 0 Å². The van der Waals surface area contributed by atoms with Crippen molar-refractivity contribution in [2.24, 2.45) is 5.92 Å². The number of likely N-dealkylation sites (tertiary alicyclic amines) is 1. The molecule has 1 fully saturated rings. The Morgan fingerprint density at radius 1 is 1.10 bits per heavy atom. The lowest BCUT2D eigenvalue weighted by Crippen LogP contribution is -2.65. The minimum Gasteiger partial charge on any atom is -0.445 e. The molecule has 152 valence electrons. The third-order valence-corrected chi connectivity index (χ3v) is 5.29. The van der Waals surface area contributed by atoms with Crippen LogP contribution in [0.5, 0.6) is 0 Å². The third kappa shape index (κ3) is 5.25. The number of hydrogen-bond donors (Lipinski definition) is 1. The quantitative estimate of drug-likeness (QED) is 0.538. The molecule has 0 aliphatic carbocycles. The number of hydrogen-bond acceptors (Lipinski definition) is 3. The largest absolute Gasteiger partial charge is 0.445 e. The minimum absolute atomic E-state index is 0.0586. The first kappa shape index (κ1) is 20.6. The van der Waals surface area contributed by atoms with Gasteiger partial charge in [0, 0.05) is 18.6 Å². The summed E-state index contributed by atoms with van der Waals surface area (Å²) in [5.41, 5.74) is 2.03. The molecule has 1 saturated heterocycles. The summed E-state index contributed by atoms with van der Waals surface area (Å²) in [5.74, 6) is -0.182. The zero-order chi connectivity index (χ0) is 20.6. The van der Waals surface area contributed by atoms with Gasteiger partial charge >= 0.3 is 6.09 Å². The lowest BCUT2D eigenvalue weighted by Gasteiger charge is -2.49. The van der Waals surface area contributed by atoms with E-state index in [9.17, 15) is 9.59 Å². The number of benzene rings is 2. The zero-order valence-electron chi connectivity index (χ0n) is 17.0. The average molecular weight is 392 g/mol. The Kier molecular flexibility index (Phi) is 7.06. The number of amides is 2. The molecule has 0 aromatic heterocycles. The molecule has 0 spiro atoms. The lowest BCUT2D eigenvalue weighted by atomic mass is 9.79. The van der Waals surface area contributed by atoms with Crippen LogP contribution >= 0.6 is 0 Å². The Balaban J connectivity index is 1.58. The van der Waals surface area contributed by atoms with Crippen molar-refractivity contribution < 1.29 is 14.3 Å². The zero-order valence-corrected chi connectivity index (χ0v) is 17.0. The maximum Gasteiger partial charge on any atom is 0.407 e. The Bertz CT molecular complexity index is 836. The number of ether oxygens (including phenoxy) is 1. The van der Waals surface area contributed by atoms with Crippen LogP contribution in [-0.4, -0.2) is 29.0 Å². The van der Waals surface area contributed by atoms with Gasteiger partial charge in [0.2, 0.25) is 5.91 Å². The molecular weight excluding hydrogens is 364 g/mol. The van der Waals surface area contributed by atoms with Crippen molar-refractivity contribution in [1.82, 2.24) is 10.2 Å². The van der Waals surface area contributed by atoms with Gasteiger partial charge in [0.1, 0.15) is 6.61 Å². The molecule has 2 aromatic carbocycles. The van der Waals surface area contributed by atoms with Crippen LogP contribution in [0.15, 0.2) is 72.8 Å². The smallest absolute Gasteiger partial charge is 0.407 e. The predicted molar refractivity (Wildman–Crippen MR) is 113 cm³/mol. The Labute approximate surface area is 172 Å². The molecule has 29 heavy (non-hydrogen) atoms. The van der Waals surface area contributed by atoms with Gasteiger partial charge in [0.25, 0.3) is 0 Å². The predicted octanol–water partition coefficient (Wildman–Crippen LogP) is 4.29. The topological polar surface area (TPSA) is 58.6 Å². The molecule has 1 aliphatic rings. The second-order valence-corrected chi connectivity index (χ2v) is 7.34. The van der Waals surface area contributed by atoms with Crippen LogP contribution in [-0.2, 0) is 22.7 Å². The molecule has 0 unspecified atom stereocenters. The van der Waals surface area contributed by atoms with Crippen LogP contribution in [0, 0.1) is 5.92 Å². The SMILES string of the molecule is C/C=C/C[C@H]1[C@H]([C@H](C)NC(=O)OCc2ccccc2)C(=O)N1Cc1ccccc1. The molecule has 3 rings (SSSR count). The van der Waals surface area contributed by atoms with E-state index in [0.29, 0.717) is 6.54 Å². The fourth-order valence-electron chi connectivity index (χ4n) is 3.74. The van der Waals surface area contributed by atoms with Gasteiger partial charge in [-0.2, -0.15) is 0 Å². The number of alkyl carbamates (subject to hydrolysis) is 1. The summed E-state index contributed by atoms with van der Waals surface area (Å²) in [5, 5.41) is 2.84. The van der Waals surface area contributed by atoms with Crippen molar-refractivity contribution in [2.45, 2.75) is 45.5 Å². The summed E-state index contributed by atoms with van der Waals surface area (Å²) >= 11 is 0. The van der Waals surface area contributed by atoms with E-state index in [-0.39, 0.29) is 30.5 Å². The van der Waals surface area contributed by atoms with Gasteiger partial charge in [0.15, 0.2) is 0 Å². The monoisotopic (exact) mass is 392 g/mol. The van der Waals surface area contributed by atoms with Crippen LogP contribution in [0.25, 0.3) is 0 Å². The number of nitrogens with zero attached hydrogens (tertiary/aromatic N) is 1. The Hall–Kier alpha value is -3.08. The van der Waals surface area contributed by atoms with E-state index < -0.39 is 6.09 Å². The molecule has 3 atom stereocenters. The molecule has 0 bridgehead atoms. The molecule has 0 radical (unpaired) electrons. The van der Waals surface area contributed by atoms with E-state index in [1.807, 2.05) is 85.5 Å². The van der Waals surface area contributed by atoms with E-state index in [1.165, 1.54) is 0 Å². The summed E-state index contributed by atoms with van der Waals surface area (Å²) in [7, 11) is 0. The maximum absolute atomic E-state index is 12.9. The second kappa shape index (κ2) is 9.92. The van der Waals surface area contributed by atoms with E-state index in [4.69, 9.17) is 4.74 Å². The van der Waals surface area contributed by atoms with Gasteiger partial charge in [-0.05, 0) is 31.4 Å². The first-order valence-electron chi connectivity index (χ1n) is 10.0. The molecule has 5 nitrogen and oxygen atoms in total. The Morgan fingerprint density at radius 2 is 1.72 bits per heavy atom. The molecule has 1 N–H and O–H groups in total. The minimum atomic E-state index is -0.500. The fraction of sp³-hybridized carbons (Fsp3) is 0.333. The van der Waals surface area contributed by atoms with Crippen LogP contribution in [0.3, 0.4) is 0 Å². The van der Waals surface area contributed by atoms with Crippen LogP contribution < -0.4 is 5.32 Å². The van der Waals surface area contributed by atoms with Gasteiger partial charge in [0.05, 0.1) is 5.92 Å². The van der Waals surface area contributed by atoms with Crippen molar-refractivity contribution in [3.05, 3.63) is 83.9 Å². The summed E-state index contributed by atoms with van der Waals surface area (Å²) in [4.78, 5) is 26.9. The maximum atomic E-state index is 12.9. The number of allylic oxidation sites excluding steroid dienone is 1. The summed E-state index contributed by atoms with van der Waals surface area (Å²) in [6, 6.07) is 19.3. The van der Waals surface area contributed by atoms with Crippen molar-refractivity contribution in [1.29, 1.82) is 0 Å². The standard InChI is InChI=1S/C24H28N2O3/c1-3-4-15-21-22(23(27)26(21)16-19-11-7-5-8-12-19)18(2)25-24(28)29-17-20-13-9-6-10-14-20/h3-14,18,21-22H,15-17H2,1-2H3,(H,25,28)/b4-3+/t18-,21-,22-/m0/s1. The number of carbonyl (C=O) groups excluding carboxylic acids is 2. The van der Waals surface area contributed by atoms with Crippen molar-refractivity contribution in [2.75, 3.05) is 0 Å². The molecule has 1 aliphatic heterocycles. The van der Waals surface area contributed by atoms with E-state index in [2.05, 4.69) is 11.4 Å². The van der Waals surface area contributed by atoms with Crippen molar-refractivity contribution in [3.8, 4) is 0 Å². The van der Waals surface area contributed by atoms with E-state index in [0.717, 1.165) is 17.5 Å². The third-order valence-electron chi connectivity index (χ3n) is 5.29. The molecule has 5 heteroatoms. The highest BCUT2D eigenvalue weighted by atomic mass is 16.5. The van der Waals surface area contributed by atoms with Crippen LogP contribution in [0.2, 0.25) is 0 Å². The summed E-state index contributed by atoms with van der Waals surface area (Å²) < 4.78 is 5.30. The molecule has 2 amide bonds. The first-order valence-corrected chi connectivity index (χ1v) is 10.0. The molecule has 0 saturated carbocycles. The van der Waals surface area contributed by atoms with Gasteiger partial charge in [-0.3, -0.25) is 4.79 Å². The Morgan fingerprint density at radius 3 is 2.34 bits per heavy atom. The number of nitrogens with one attached hydrogen (secondary N) is 1. The highest BCUT2D eigenvalue weighted by Gasteiger charge is 2.49. The van der Waals surface area contributed by atoms with Gasteiger partial charge in [-0.25, -0.2) is 4.79 Å². The summed E-state index contributed by atoms with van der Waals surface area (Å²) in [6.07, 6.45) is 4.33. The van der Waals surface area contributed by atoms with Crippen molar-refractivity contribution >= 4 is 12.0 Å². The van der Waals surface area contributed by atoms with Gasteiger partial charge in [-0.1, -0.05) is 72.8 Å². The number of β-lactam (4-membered cyclic amide) rings is 1. The highest BCUT2D eigenvalue weighted by molar-refractivity contribution is 5.87. The summed E-state index contributed by atoms with van der Waals surface area (Å²) in [6.45, 7) is 4.64. The number of rotatable bonds is 8. The first-order chi connectivity index (χ1) is 14.1. The van der Waals surface area contributed by atoms with Crippen molar-refractivity contribution in [3.63, 3.8) is 0 Å². The average Bonchev–Trinajstić information content (AvgIpc) is 2.74. The fourth-order valence-corrected chi connectivity index (χ4v) is 3.74. The van der Waals surface area contributed by atoms with Crippen LogP contribution in [0.4, 0.5) is 4.79 Å². The van der Waals surface area contributed by atoms with E-state index >= 15 is 0 Å². The normalized spacial score (nSPS) is 19.7. The molecular formula is C24H28N2O3. The number of carbonyl (C=O) groups is 2. The lowest BCUT2D eigenvalue weighted by molar-refractivity contribution is -0.159. The van der Waals surface area contributed by atoms with E-state index in [1.54, 1.807) is 0 Å². The second-order valence-electron chi connectivity index (χ2n) is 7.34. The van der Waals surface area contributed by atoms with Crippen LogP contribution in [0.1, 0.15) is 31.4 Å². The molecule has 2 aromatic rings. The molecule has 1 heterocycles. The highest BCUT2D eigenvalue weighted by Crippen LogP contribution is 2.34.